The summed E-state index contributed by atoms with van der Waals surface area (Å²) >= 11 is 0. The van der Waals surface area contributed by atoms with Gasteiger partial charge in [-0.05, 0) is 43.2 Å². The Kier molecular flexibility index (Phi) is 5.71. The van der Waals surface area contributed by atoms with Crippen molar-refractivity contribution < 1.29 is 19.4 Å². The maximum atomic E-state index is 12.2. The number of anilines is 1. The number of carboxylic acid groups (broad SMARTS) is 1. The Labute approximate surface area is 141 Å². The van der Waals surface area contributed by atoms with Crippen LogP contribution in [0.1, 0.15) is 22.8 Å². The Bertz CT molecular complexity index is 738. The molecule has 2 aromatic carbocycles. The van der Waals surface area contributed by atoms with Crippen LogP contribution in [0.25, 0.3) is 11.1 Å². The van der Waals surface area contributed by atoms with Crippen molar-refractivity contribution in [3.8, 4) is 11.1 Å². The van der Waals surface area contributed by atoms with Crippen LogP contribution in [0.3, 0.4) is 0 Å². The maximum absolute atomic E-state index is 12.2. The van der Waals surface area contributed by atoms with Gasteiger partial charge in [0.05, 0.1) is 5.56 Å². The quantitative estimate of drug-likeness (QED) is 0.883. The number of rotatable bonds is 6. The first-order valence-corrected chi connectivity index (χ1v) is 7.71. The van der Waals surface area contributed by atoms with Gasteiger partial charge in [0, 0.05) is 19.3 Å². The van der Waals surface area contributed by atoms with Crippen molar-refractivity contribution in [1.82, 2.24) is 0 Å². The number of benzene rings is 2. The average Bonchev–Trinajstić information content (AvgIpc) is 2.56. The molecule has 24 heavy (non-hydrogen) atoms. The number of hydrogen-bond donors (Lipinski definition) is 1. The molecule has 126 valence electrons. The summed E-state index contributed by atoms with van der Waals surface area (Å²) in [4.78, 5) is 25.2. The van der Waals surface area contributed by atoms with E-state index in [1.165, 1.54) is 18.1 Å². The predicted molar refractivity (Wildman–Crippen MR) is 93.5 cm³/mol. The molecule has 5 nitrogen and oxygen atoms in total. The van der Waals surface area contributed by atoms with Crippen molar-refractivity contribution in [2.24, 2.45) is 0 Å². The second-order valence-corrected chi connectivity index (χ2v) is 5.51. The molecule has 0 aliphatic carbocycles. The van der Waals surface area contributed by atoms with Crippen LogP contribution >= 0.6 is 0 Å². The van der Waals surface area contributed by atoms with Crippen LogP contribution in [0.5, 0.6) is 0 Å². The highest BCUT2D eigenvalue weighted by molar-refractivity contribution is 5.98. The van der Waals surface area contributed by atoms with Crippen LogP contribution in [0, 0.1) is 6.92 Å². The average molecular weight is 327 g/mol. The zero-order chi connectivity index (χ0) is 17.7. The number of amides is 1. The van der Waals surface area contributed by atoms with Crippen molar-refractivity contribution >= 4 is 17.6 Å². The van der Waals surface area contributed by atoms with Crippen molar-refractivity contribution in [3.63, 3.8) is 0 Å². The van der Waals surface area contributed by atoms with E-state index in [1.807, 2.05) is 44.2 Å². The molecular formula is C19H21NO4. The van der Waals surface area contributed by atoms with Crippen LogP contribution in [-0.4, -0.2) is 37.2 Å². The number of hydrogen-bond acceptors (Lipinski definition) is 3. The van der Waals surface area contributed by atoms with E-state index in [-0.39, 0.29) is 18.1 Å². The zero-order valence-corrected chi connectivity index (χ0v) is 14.1. The number of methoxy groups -OCH3 is 1. The van der Waals surface area contributed by atoms with E-state index in [0.29, 0.717) is 12.2 Å². The van der Waals surface area contributed by atoms with Crippen molar-refractivity contribution in [1.29, 1.82) is 0 Å². The summed E-state index contributed by atoms with van der Waals surface area (Å²) in [7, 11) is 1.46. The molecule has 5 heteroatoms. The molecular weight excluding hydrogens is 306 g/mol. The molecule has 1 amide bonds. The first-order valence-electron chi connectivity index (χ1n) is 7.71. The fourth-order valence-electron chi connectivity index (χ4n) is 2.51. The van der Waals surface area contributed by atoms with Crippen LogP contribution in [0.4, 0.5) is 5.69 Å². The van der Waals surface area contributed by atoms with Crippen molar-refractivity contribution in [2.45, 2.75) is 13.8 Å². The number of ether oxygens (including phenoxy) is 1. The van der Waals surface area contributed by atoms with E-state index in [2.05, 4.69) is 0 Å². The lowest BCUT2D eigenvalue weighted by molar-refractivity contribution is -0.122. The van der Waals surface area contributed by atoms with Crippen LogP contribution < -0.4 is 4.90 Å². The molecule has 2 aromatic rings. The summed E-state index contributed by atoms with van der Waals surface area (Å²) in [6, 6.07) is 12.8. The van der Waals surface area contributed by atoms with Crippen molar-refractivity contribution in [2.75, 3.05) is 25.2 Å². The first kappa shape index (κ1) is 17.7. The third kappa shape index (κ3) is 4.00. The molecule has 2 rings (SSSR count). The second kappa shape index (κ2) is 7.75. The van der Waals surface area contributed by atoms with E-state index >= 15 is 0 Å². The second-order valence-electron chi connectivity index (χ2n) is 5.51. The molecule has 1 N–H and O–H groups in total. The third-order valence-electron chi connectivity index (χ3n) is 3.75. The number of carbonyl (C=O) groups is 2. The first-order chi connectivity index (χ1) is 11.5. The zero-order valence-electron chi connectivity index (χ0n) is 14.1. The topological polar surface area (TPSA) is 66.8 Å². The van der Waals surface area contributed by atoms with Gasteiger partial charge in [0.15, 0.2) is 0 Å². The molecule has 0 bridgehead atoms. The number of nitrogens with zero attached hydrogens (tertiary/aromatic N) is 1. The van der Waals surface area contributed by atoms with E-state index in [4.69, 9.17) is 4.74 Å². The Morgan fingerprint density at radius 1 is 1.08 bits per heavy atom. The van der Waals surface area contributed by atoms with E-state index < -0.39 is 5.97 Å². The Balaban J connectivity index is 2.53. The highest BCUT2D eigenvalue weighted by atomic mass is 16.5. The lowest BCUT2D eigenvalue weighted by Crippen LogP contribution is -2.33. The van der Waals surface area contributed by atoms with E-state index in [0.717, 1.165) is 16.7 Å². The van der Waals surface area contributed by atoms with Crippen LogP contribution in [0.2, 0.25) is 0 Å². The van der Waals surface area contributed by atoms with Gasteiger partial charge in [-0.1, -0.05) is 29.8 Å². The highest BCUT2D eigenvalue weighted by Gasteiger charge is 2.17. The lowest BCUT2D eigenvalue weighted by Gasteiger charge is -2.22. The molecule has 0 aromatic heterocycles. The van der Waals surface area contributed by atoms with E-state index in [1.54, 1.807) is 6.07 Å². The van der Waals surface area contributed by atoms with E-state index in [9.17, 15) is 14.7 Å². The monoisotopic (exact) mass is 327 g/mol. The fraction of sp³-hybridized carbons (Fsp3) is 0.263. The van der Waals surface area contributed by atoms with Gasteiger partial charge < -0.3 is 14.7 Å². The normalized spacial score (nSPS) is 10.5. The molecule has 0 aliphatic rings. The number of aryl methyl sites for hydroxylation is 1. The summed E-state index contributed by atoms with van der Waals surface area (Å²) in [6.07, 6.45) is 0. The number of aromatic carboxylic acids is 1. The molecule has 0 heterocycles. The predicted octanol–water partition coefficient (Wildman–Crippen LogP) is 3.36. The Morgan fingerprint density at radius 3 is 2.29 bits per heavy atom. The summed E-state index contributed by atoms with van der Waals surface area (Å²) in [6.45, 7) is 4.21. The number of carbonyl (C=O) groups excluding carboxylic acids is 1. The van der Waals surface area contributed by atoms with Gasteiger partial charge >= 0.3 is 5.97 Å². The largest absolute Gasteiger partial charge is 0.478 e. The minimum absolute atomic E-state index is 0.0506. The lowest BCUT2D eigenvalue weighted by atomic mass is 10.0. The van der Waals surface area contributed by atoms with Gasteiger partial charge in [0.2, 0.25) is 0 Å². The SMILES string of the molecule is CCN(C(=O)COC)c1cc(C(=O)O)cc(-c2ccc(C)cc2)c1. The van der Waals surface area contributed by atoms with Gasteiger partial charge in [0.1, 0.15) is 6.61 Å². The Hall–Kier alpha value is -2.66. The summed E-state index contributed by atoms with van der Waals surface area (Å²) in [5.74, 6) is -1.24. The smallest absolute Gasteiger partial charge is 0.335 e. The minimum Gasteiger partial charge on any atom is -0.478 e. The molecule has 0 aliphatic heterocycles. The van der Waals surface area contributed by atoms with Gasteiger partial charge in [-0.3, -0.25) is 4.79 Å². The van der Waals surface area contributed by atoms with Crippen LogP contribution in [0.15, 0.2) is 42.5 Å². The number of likely N-dealkylation sites (N-methyl/N-ethyl adjacent to an activating group) is 1. The third-order valence-corrected chi connectivity index (χ3v) is 3.75. The van der Waals surface area contributed by atoms with Gasteiger partial charge in [-0.15, -0.1) is 0 Å². The number of carboxylic acids is 1. The summed E-state index contributed by atoms with van der Waals surface area (Å²) in [5.41, 5.74) is 3.48. The standard InChI is InChI=1S/C19H21NO4/c1-4-20(18(21)12-24-3)17-10-15(9-16(11-17)19(22)23)14-7-5-13(2)6-8-14/h5-11H,4,12H2,1-3H3,(H,22,23). The minimum atomic E-state index is -1.03. The molecule has 0 saturated heterocycles. The maximum Gasteiger partial charge on any atom is 0.335 e. The molecule has 0 fully saturated rings. The van der Waals surface area contributed by atoms with Crippen molar-refractivity contribution in [3.05, 3.63) is 53.6 Å². The fourth-order valence-corrected chi connectivity index (χ4v) is 2.51. The highest BCUT2D eigenvalue weighted by Crippen LogP contribution is 2.27. The van der Waals surface area contributed by atoms with Gasteiger partial charge in [-0.2, -0.15) is 0 Å². The molecule has 0 atom stereocenters. The summed E-state index contributed by atoms with van der Waals surface area (Å²) in [5, 5.41) is 9.39. The molecule has 0 saturated carbocycles. The van der Waals surface area contributed by atoms with Gasteiger partial charge in [-0.25, -0.2) is 4.79 Å². The summed E-state index contributed by atoms with van der Waals surface area (Å²) < 4.78 is 4.91. The van der Waals surface area contributed by atoms with Crippen LogP contribution in [-0.2, 0) is 9.53 Å². The molecule has 0 unspecified atom stereocenters. The van der Waals surface area contributed by atoms with Gasteiger partial charge in [0.25, 0.3) is 5.91 Å². The molecule has 0 radical (unpaired) electrons. The Morgan fingerprint density at radius 2 is 1.75 bits per heavy atom. The molecule has 0 spiro atoms.